The van der Waals surface area contributed by atoms with E-state index in [4.69, 9.17) is 0 Å². The molecule has 2 atom stereocenters. The summed E-state index contributed by atoms with van der Waals surface area (Å²) in [6, 6.07) is -0.253. The molecular formula is C11H18N2O2S. The zero-order valence-electron chi connectivity index (χ0n) is 9.78. The van der Waals surface area contributed by atoms with E-state index < -0.39 is 0 Å². The summed E-state index contributed by atoms with van der Waals surface area (Å²) in [6.07, 6.45) is 2.38. The number of carbonyl (C=O) groups is 2. The third kappa shape index (κ3) is 1.81. The Morgan fingerprint density at radius 3 is 3.12 bits per heavy atom. The van der Waals surface area contributed by atoms with Crippen LogP contribution in [-0.2, 0) is 9.59 Å². The van der Waals surface area contributed by atoms with Crippen LogP contribution in [-0.4, -0.2) is 39.9 Å². The highest BCUT2D eigenvalue weighted by molar-refractivity contribution is 8.01. The van der Waals surface area contributed by atoms with E-state index in [1.54, 1.807) is 16.7 Å². The second kappa shape index (κ2) is 4.28. The first-order valence-corrected chi connectivity index (χ1v) is 6.81. The van der Waals surface area contributed by atoms with Crippen molar-refractivity contribution in [2.24, 2.45) is 0 Å². The van der Waals surface area contributed by atoms with Crippen molar-refractivity contribution in [2.45, 2.75) is 44.0 Å². The second-order valence-electron chi connectivity index (χ2n) is 4.56. The molecule has 0 aromatic carbocycles. The number of nitrogens with one attached hydrogen (secondary N) is 1. The number of thioether (sulfide) groups is 1. The summed E-state index contributed by atoms with van der Waals surface area (Å²) in [5, 5.41) is 2.88. The van der Waals surface area contributed by atoms with Crippen LogP contribution >= 0.6 is 11.8 Å². The second-order valence-corrected chi connectivity index (χ2v) is 6.06. The minimum Gasteiger partial charge on any atom is -0.354 e. The predicted molar refractivity (Wildman–Crippen MR) is 64.0 cm³/mol. The van der Waals surface area contributed by atoms with Crippen molar-refractivity contribution in [1.82, 2.24) is 10.2 Å². The van der Waals surface area contributed by atoms with Gasteiger partial charge in [-0.2, -0.15) is 0 Å². The zero-order chi connectivity index (χ0) is 11.8. The van der Waals surface area contributed by atoms with Gasteiger partial charge in [-0.05, 0) is 19.8 Å². The van der Waals surface area contributed by atoms with Gasteiger partial charge >= 0.3 is 0 Å². The highest BCUT2D eigenvalue weighted by Crippen LogP contribution is 2.47. The Bertz CT molecular complexity index is 321. The highest BCUT2D eigenvalue weighted by Gasteiger charge is 2.52. The minimum absolute atomic E-state index is 0.00771. The molecule has 0 radical (unpaired) electrons. The van der Waals surface area contributed by atoms with Crippen molar-refractivity contribution in [2.75, 3.05) is 12.3 Å². The number of amides is 2. The van der Waals surface area contributed by atoms with Gasteiger partial charge in [0, 0.05) is 18.7 Å². The van der Waals surface area contributed by atoms with E-state index in [0.29, 0.717) is 13.0 Å². The molecule has 1 N–H and O–H groups in total. The van der Waals surface area contributed by atoms with E-state index in [9.17, 15) is 9.59 Å². The first kappa shape index (κ1) is 11.8. The maximum absolute atomic E-state index is 11.9. The largest absolute Gasteiger partial charge is 0.354 e. The fourth-order valence-electron chi connectivity index (χ4n) is 2.38. The number of hydrogen-bond acceptors (Lipinski definition) is 3. The van der Waals surface area contributed by atoms with E-state index in [2.05, 4.69) is 12.2 Å². The molecule has 2 heterocycles. The molecule has 2 aliphatic rings. The Labute approximate surface area is 100 Å². The van der Waals surface area contributed by atoms with Gasteiger partial charge in [0.05, 0.1) is 4.87 Å². The Kier molecular flexibility index (Phi) is 3.15. The summed E-state index contributed by atoms with van der Waals surface area (Å²) in [7, 11) is 0. The van der Waals surface area contributed by atoms with Crippen LogP contribution in [0, 0.1) is 0 Å². The number of hydrogen-bond donors (Lipinski definition) is 1. The number of nitrogens with zero attached hydrogens (tertiary/aromatic N) is 1. The Morgan fingerprint density at radius 2 is 2.44 bits per heavy atom. The van der Waals surface area contributed by atoms with Crippen LogP contribution in [0.15, 0.2) is 0 Å². The van der Waals surface area contributed by atoms with Gasteiger partial charge in [0.1, 0.15) is 6.04 Å². The molecule has 0 aromatic rings. The zero-order valence-corrected chi connectivity index (χ0v) is 10.6. The van der Waals surface area contributed by atoms with Crippen molar-refractivity contribution in [3.05, 3.63) is 0 Å². The summed E-state index contributed by atoms with van der Waals surface area (Å²) in [5.41, 5.74) is 0. The summed E-state index contributed by atoms with van der Waals surface area (Å²) in [4.78, 5) is 25.4. The first-order chi connectivity index (χ1) is 7.58. The molecule has 0 saturated carbocycles. The van der Waals surface area contributed by atoms with Crippen molar-refractivity contribution in [3.63, 3.8) is 0 Å². The summed E-state index contributed by atoms with van der Waals surface area (Å²) >= 11 is 1.73. The van der Waals surface area contributed by atoms with E-state index in [0.717, 1.165) is 18.6 Å². The fraction of sp³-hybridized carbons (Fsp3) is 0.818. The molecule has 2 rings (SSSR count). The smallest absolute Gasteiger partial charge is 0.243 e. The highest BCUT2D eigenvalue weighted by atomic mass is 32.2. The Hall–Kier alpha value is -0.710. The van der Waals surface area contributed by atoms with Crippen LogP contribution in [0.2, 0.25) is 0 Å². The minimum atomic E-state index is -0.253. The number of fused-ring (bicyclic) bond motifs is 1. The molecular weight excluding hydrogens is 224 g/mol. The van der Waals surface area contributed by atoms with Gasteiger partial charge in [-0.15, -0.1) is 11.8 Å². The summed E-state index contributed by atoms with van der Waals surface area (Å²) in [6.45, 7) is 4.78. The lowest BCUT2D eigenvalue weighted by molar-refractivity contribution is -0.137. The molecule has 2 amide bonds. The van der Waals surface area contributed by atoms with Gasteiger partial charge in [-0.3, -0.25) is 9.59 Å². The molecule has 0 unspecified atom stereocenters. The van der Waals surface area contributed by atoms with Gasteiger partial charge in [-0.1, -0.05) is 6.92 Å². The molecule has 0 aromatic heterocycles. The molecule has 0 aliphatic carbocycles. The normalized spacial score (nSPS) is 33.0. The lowest BCUT2D eigenvalue weighted by atomic mass is 10.2. The lowest BCUT2D eigenvalue weighted by Crippen LogP contribution is -2.50. The van der Waals surface area contributed by atoms with Crippen LogP contribution in [0.4, 0.5) is 0 Å². The molecule has 16 heavy (non-hydrogen) atoms. The fourth-order valence-corrected chi connectivity index (χ4v) is 3.81. The molecule has 4 nitrogen and oxygen atoms in total. The van der Waals surface area contributed by atoms with Gasteiger partial charge in [0.2, 0.25) is 11.8 Å². The number of rotatable bonds is 3. The van der Waals surface area contributed by atoms with Crippen LogP contribution in [0.5, 0.6) is 0 Å². The van der Waals surface area contributed by atoms with Crippen LogP contribution in [0.1, 0.15) is 33.1 Å². The average Bonchev–Trinajstić information content (AvgIpc) is 2.73. The van der Waals surface area contributed by atoms with Crippen LogP contribution in [0.3, 0.4) is 0 Å². The van der Waals surface area contributed by atoms with E-state index >= 15 is 0 Å². The van der Waals surface area contributed by atoms with E-state index in [1.807, 2.05) is 6.92 Å². The quantitative estimate of drug-likeness (QED) is 0.802. The SMILES string of the molecule is CCCNC(=O)[C@@H]1CS[C@@]2(C)CCC(=O)N12. The third-order valence-electron chi connectivity index (χ3n) is 3.30. The first-order valence-electron chi connectivity index (χ1n) is 5.82. The van der Waals surface area contributed by atoms with Crippen molar-refractivity contribution in [1.29, 1.82) is 0 Å². The third-order valence-corrected chi connectivity index (χ3v) is 4.80. The standard InChI is InChI=1S/C11H18N2O2S/c1-3-6-12-10(15)8-7-16-11(2)5-4-9(14)13(8)11/h8H,3-7H2,1-2H3,(H,12,15)/t8-,11-/m0/s1. The molecule has 90 valence electrons. The maximum Gasteiger partial charge on any atom is 0.243 e. The maximum atomic E-state index is 11.9. The van der Waals surface area contributed by atoms with Crippen LogP contribution < -0.4 is 5.32 Å². The van der Waals surface area contributed by atoms with Gasteiger partial charge < -0.3 is 10.2 Å². The molecule has 2 fully saturated rings. The molecule has 5 heteroatoms. The van der Waals surface area contributed by atoms with Crippen molar-refractivity contribution < 1.29 is 9.59 Å². The topological polar surface area (TPSA) is 49.4 Å². The monoisotopic (exact) mass is 242 g/mol. The summed E-state index contributed by atoms with van der Waals surface area (Å²) < 4.78 is 0. The lowest BCUT2D eigenvalue weighted by Gasteiger charge is -2.29. The average molecular weight is 242 g/mol. The Balaban J connectivity index is 2.07. The van der Waals surface area contributed by atoms with Crippen LogP contribution in [0.25, 0.3) is 0 Å². The molecule has 2 aliphatic heterocycles. The molecule has 0 spiro atoms. The van der Waals surface area contributed by atoms with Crippen molar-refractivity contribution >= 4 is 23.6 Å². The Morgan fingerprint density at radius 1 is 1.69 bits per heavy atom. The van der Waals surface area contributed by atoms with E-state index in [-0.39, 0.29) is 22.7 Å². The van der Waals surface area contributed by atoms with Crippen molar-refractivity contribution in [3.8, 4) is 0 Å². The van der Waals surface area contributed by atoms with Gasteiger partial charge in [-0.25, -0.2) is 0 Å². The van der Waals surface area contributed by atoms with E-state index in [1.165, 1.54) is 0 Å². The predicted octanol–water partition coefficient (Wildman–Crippen LogP) is 0.967. The molecule has 2 saturated heterocycles. The summed E-state index contributed by atoms with van der Waals surface area (Å²) in [5.74, 6) is 0.870. The van der Waals surface area contributed by atoms with Gasteiger partial charge in [0.25, 0.3) is 0 Å². The number of carbonyl (C=O) groups excluding carboxylic acids is 2. The van der Waals surface area contributed by atoms with Gasteiger partial charge in [0.15, 0.2) is 0 Å². The molecule has 0 bridgehead atoms.